The summed E-state index contributed by atoms with van der Waals surface area (Å²) in [5.74, 6) is 1.71. The number of hydrogen-bond acceptors (Lipinski definition) is 5. The molecule has 1 aliphatic heterocycles. The number of benzene rings is 2. The fourth-order valence-corrected chi connectivity index (χ4v) is 4.10. The predicted molar refractivity (Wildman–Crippen MR) is 132 cm³/mol. The van der Waals surface area contributed by atoms with Crippen LogP contribution in [0.1, 0.15) is 29.9 Å². The van der Waals surface area contributed by atoms with Crippen molar-refractivity contribution in [1.82, 2.24) is 9.80 Å². The first-order valence-corrected chi connectivity index (χ1v) is 12.0. The Morgan fingerprint density at radius 3 is 2.31 bits per heavy atom. The van der Waals surface area contributed by atoms with E-state index in [1.165, 1.54) is 0 Å². The zero-order valence-corrected chi connectivity index (χ0v) is 20.1. The second-order valence-corrected chi connectivity index (χ2v) is 8.76. The highest BCUT2D eigenvalue weighted by Gasteiger charge is 2.27. The number of para-hydroxylation sites is 1. The molecule has 3 aromatic rings. The molecule has 0 bridgehead atoms. The Labute approximate surface area is 206 Å². The van der Waals surface area contributed by atoms with Gasteiger partial charge in [-0.1, -0.05) is 48.5 Å². The number of furan rings is 1. The van der Waals surface area contributed by atoms with Gasteiger partial charge in [0.05, 0.1) is 19.2 Å². The number of nitrogens with zero attached hydrogens (tertiary/aromatic N) is 2. The third-order valence-electron chi connectivity index (χ3n) is 5.94. The monoisotopic (exact) mass is 476 g/mol. The molecule has 2 heterocycles. The van der Waals surface area contributed by atoms with Crippen molar-refractivity contribution in [2.24, 2.45) is 0 Å². The van der Waals surface area contributed by atoms with E-state index >= 15 is 0 Å². The second kappa shape index (κ2) is 12.2. The summed E-state index contributed by atoms with van der Waals surface area (Å²) < 4.78 is 17.2. The second-order valence-electron chi connectivity index (χ2n) is 8.76. The molecule has 1 atom stereocenters. The zero-order valence-electron chi connectivity index (χ0n) is 20.1. The molecule has 35 heavy (non-hydrogen) atoms. The van der Waals surface area contributed by atoms with Gasteiger partial charge in [0.15, 0.2) is 6.61 Å². The summed E-state index contributed by atoms with van der Waals surface area (Å²) in [7, 11) is 0. The first-order chi connectivity index (χ1) is 17.1. The summed E-state index contributed by atoms with van der Waals surface area (Å²) in [5.41, 5.74) is 1.01. The van der Waals surface area contributed by atoms with Crippen LogP contribution in [-0.4, -0.2) is 54.0 Å². The number of amides is 2. The molecule has 1 aliphatic rings. The number of carbonyl (C=O) groups excluding carboxylic acids is 2. The predicted octanol–water partition coefficient (Wildman–Crippen LogP) is 4.20. The topological polar surface area (TPSA) is 72.2 Å². The van der Waals surface area contributed by atoms with Gasteiger partial charge in [0.25, 0.3) is 5.91 Å². The van der Waals surface area contributed by atoms with Gasteiger partial charge < -0.3 is 23.7 Å². The molecule has 184 valence electrons. The van der Waals surface area contributed by atoms with Crippen molar-refractivity contribution in [3.63, 3.8) is 0 Å². The van der Waals surface area contributed by atoms with E-state index in [0.717, 1.165) is 24.2 Å². The SMILES string of the molecule is Cc1ccc(CN(Cc2ccccc2)C(=O)CN(CC2CCCO2)C(=O)COc2ccccc2)o1. The summed E-state index contributed by atoms with van der Waals surface area (Å²) in [6.45, 7) is 3.47. The highest BCUT2D eigenvalue weighted by molar-refractivity contribution is 5.85. The normalized spacial score (nSPS) is 15.1. The first-order valence-electron chi connectivity index (χ1n) is 12.0. The van der Waals surface area contributed by atoms with Crippen LogP contribution in [0.25, 0.3) is 0 Å². The Bertz CT molecular complexity index is 1080. The Morgan fingerprint density at radius 2 is 1.66 bits per heavy atom. The van der Waals surface area contributed by atoms with Crippen LogP contribution in [0.2, 0.25) is 0 Å². The molecule has 0 radical (unpaired) electrons. The summed E-state index contributed by atoms with van der Waals surface area (Å²) in [4.78, 5) is 30.0. The van der Waals surface area contributed by atoms with Crippen LogP contribution in [-0.2, 0) is 27.4 Å². The van der Waals surface area contributed by atoms with Gasteiger partial charge in [0.2, 0.25) is 5.91 Å². The molecule has 1 saturated heterocycles. The molecule has 7 nitrogen and oxygen atoms in total. The van der Waals surface area contributed by atoms with Gasteiger partial charge in [-0.3, -0.25) is 9.59 Å². The highest BCUT2D eigenvalue weighted by Crippen LogP contribution is 2.17. The molecule has 2 amide bonds. The number of carbonyl (C=O) groups is 2. The molecular weight excluding hydrogens is 444 g/mol. The maximum Gasteiger partial charge on any atom is 0.261 e. The molecule has 0 N–H and O–H groups in total. The van der Waals surface area contributed by atoms with Crippen LogP contribution in [0.15, 0.2) is 77.2 Å². The lowest BCUT2D eigenvalue weighted by molar-refractivity contribution is -0.143. The van der Waals surface area contributed by atoms with E-state index in [-0.39, 0.29) is 31.1 Å². The molecule has 0 aliphatic carbocycles. The molecule has 7 heteroatoms. The lowest BCUT2D eigenvalue weighted by Crippen LogP contribution is -2.46. The van der Waals surface area contributed by atoms with Crippen LogP contribution in [0.4, 0.5) is 0 Å². The van der Waals surface area contributed by atoms with Crippen LogP contribution < -0.4 is 4.74 Å². The fourth-order valence-electron chi connectivity index (χ4n) is 4.10. The number of aryl methyl sites for hydroxylation is 1. The van der Waals surface area contributed by atoms with Crippen molar-refractivity contribution in [2.75, 3.05) is 26.3 Å². The van der Waals surface area contributed by atoms with E-state index in [9.17, 15) is 9.59 Å². The van der Waals surface area contributed by atoms with E-state index in [0.29, 0.717) is 37.8 Å². The van der Waals surface area contributed by atoms with E-state index in [1.807, 2.05) is 67.6 Å². The Balaban J connectivity index is 1.47. The van der Waals surface area contributed by atoms with Crippen LogP contribution in [0.3, 0.4) is 0 Å². The molecule has 1 aromatic heterocycles. The van der Waals surface area contributed by atoms with Gasteiger partial charge in [-0.05, 0) is 49.6 Å². The average molecular weight is 477 g/mol. The van der Waals surface area contributed by atoms with Crippen LogP contribution >= 0.6 is 0 Å². The van der Waals surface area contributed by atoms with E-state index < -0.39 is 0 Å². The quantitative estimate of drug-likeness (QED) is 0.415. The summed E-state index contributed by atoms with van der Waals surface area (Å²) in [5, 5.41) is 0. The number of rotatable bonds is 11. The van der Waals surface area contributed by atoms with Gasteiger partial charge >= 0.3 is 0 Å². The van der Waals surface area contributed by atoms with E-state index in [1.54, 1.807) is 21.9 Å². The number of hydrogen-bond donors (Lipinski definition) is 0. The van der Waals surface area contributed by atoms with Gasteiger partial charge in [0.1, 0.15) is 17.3 Å². The van der Waals surface area contributed by atoms with Crippen molar-refractivity contribution in [2.45, 2.75) is 39.0 Å². The molecule has 0 spiro atoms. The van der Waals surface area contributed by atoms with Crippen molar-refractivity contribution in [3.8, 4) is 5.75 Å². The molecule has 0 saturated carbocycles. The Morgan fingerprint density at radius 1 is 0.914 bits per heavy atom. The van der Waals surface area contributed by atoms with Gasteiger partial charge in [-0.2, -0.15) is 0 Å². The van der Waals surface area contributed by atoms with Crippen LogP contribution in [0, 0.1) is 6.92 Å². The summed E-state index contributed by atoms with van der Waals surface area (Å²) >= 11 is 0. The standard InChI is InChI=1S/C28H32N2O5/c1-22-14-15-26(35-22)19-29(17-23-9-4-2-5-10-23)27(31)20-30(18-25-13-8-16-33-25)28(32)21-34-24-11-6-3-7-12-24/h2-7,9-12,14-15,25H,8,13,16-21H2,1H3. The largest absolute Gasteiger partial charge is 0.484 e. The smallest absolute Gasteiger partial charge is 0.261 e. The highest BCUT2D eigenvalue weighted by atomic mass is 16.5. The molecule has 4 rings (SSSR count). The minimum atomic E-state index is -0.244. The van der Waals surface area contributed by atoms with E-state index in [4.69, 9.17) is 13.9 Å². The van der Waals surface area contributed by atoms with Gasteiger partial charge in [-0.25, -0.2) is 0 Å². The average Bonchev–Trinajstić information content (AvgIpc) is 3.54. The molecular formula is C28H32N2O5. The minimum absolute atomic E-state index is 0.0522. The lowest BCUT2D eigenvalue weighted by Gasteiger charge is -2.29. The summed E-state index contributed by atoms with van der Waals surface area (Å²) in [6.07, 6.45) is 1.76. The fraction of sp³-hybridized carbons (Fsp3) is 0.357. The third kappa shape index (κ3) is 7.45. The molecule has 1 unspecified atom stereocenters. The van der Waals surface area contributed by atoms with Crippen molar-refractivity contribution >= 4 is 11.8 Å². The first kappa shape index (κ1) is 24.5. The lowest BCUT2D eigenvalue weighted by atomic mass is 10.2. The van der Waals surface area contributed by atoms with Gasteiger partial charge in [0, 0.05) is 19.7 Å². The molecule has 1 fully saturated rings. The summed E-state index contributed by atoms with van der Waals surface area (Å²) in [6, 6.07) is 22.8. The zero-order chi connectivity index (χ0) is 24.5. The minimum Gasteiger partial charge on any atom is -0.484 e. The Hall–Kier alpha value is -3.58. The van der Waals surface area contributed by atoms with Crippen LogP contribution in [0.5, 0.6) is 5.75 Å². The van der Waals surface area contributed by atoms with Gasteiger partial charge in [-0.15, -0.1) is 0 Å². The third-order valence-corrected chi connectivity index (χ3v) is 5.94. The van der Waals surface area contributed by atoms with Crippen molar-refractivity contribution in [3.05, 3.63) is 89.9 Å². The van der Waals surface area contributed by atoms with Crippen molar-refractivity contribution in [1.29, 1.82) is 0 Å². The van der Waals surface area contributed by atoms with E-state index in [2.05, 4.69) is 0 Å². The number of ether oxygens (including phenoxy) is 2. The Kier molecular flexibility index (Phi) is 8.57. The maximum absolute atomic E-state index is 13.5. The maximum atomic E-state index is 13.5. The van der Waals surface area contributed by atoms with Crippen molar-refractivity contribution < 1.29 is 23.5 Å². The molecule has 2 aromatic carbocycles.